The molecule has 86 valence electrons. The van der Waals surface area contributed by atoms with Crippen molar-refractivity contribution in [2.45, 2.75) is 68.4 Å². The first-order valence-corrected chi connectivity index (χ1v) is 7.53. The predicted octanol–water partition coefficient (Wildman–Crippen LogP) is 3.54. The van der Waals surface area contributed by atoms with Crippen LogP contribution in [0.2, 0.25) is 0 Å². The van der Waals surface area contributed by atoms with Gasteiger partial charge in [0.25, 0.3) is 0 Å². The molecular weight excluding hydrogens is 202 g/mol. The van der Waals surface area contributed by atoms with Crippen molar-refractivity contribution in [2.75, 3.05) is 6.54 Å². The Kier molecular flexibility index (Phi) is 2.55. The maximum absolute atomic E-state index is 3.79. The lowest BCUT2D eigenvalue weighted by atomic mass is 9.71. The van der Waals surface area contributed by atoms with E-state index in [-0.39, 0.29) is 0 Å². The molecule has 15 heavy (non-hydrogen) atoms. The second-order valence-corrected chi connectivity index (χ2v) is 7.83. The lowest BCUT2D eigenvalue weighted by Gasteiger charge is -2.43. The molecule has 2 saturated carbocycles. The minimum atomic E-state index is 0.493. The molecule has 2 heteroatoms. The first-order valence-electron chi connectivity index (χ1n) is 6.65. The Balaban J connectivity index is 1.65. The summed E-state index contributed by atoms with van der Waals surface area (Å²) in [6, 6.07) is 0. The first kappa shape index (κ1) is 10.5. The SMILES string of the molecule is CC1CNC2(CCC3(CCCC3)CC2)S1. The Bertz CT molecular complexity index is 235. The molecule has 0 bridgehead atoms. The van der Waals surface area contributed by atoms with Gasteiger partial charge in [-0.1, -0.05) is 19.8 Å². The van der Waals surface area contributed by atoms with Gasteiger partial charge in [-0.05, 0) is 43.9 Å². The molecule has 0 amide bonds. The monoisotopic (exact) mass is 225 g/mol. The second kappa shape index (κ2) is 3.66. The topological polar surface area (TPSA) is 12.0 Å². The summed E-state index contributed by atoms with van der Waals surface area (Å²) in [5.74, 6) is 0. The van der Waals surface area contributed by atoms with Crippen molar-refractivity contribution in [3.8, 4) is 0 Å². The van der Waals surface area contributed by atoms with Crippen LogP contribution >= 0.6 is 11.8 Å². The molecule has 0 aromatic heterocycles. The highest BCUT2D eigenvalue weighted by molar-refractivity contribution is 8.01. The minimum Gasteiger partial charge on any atom is -0.302 e. The van der Waals surface area contributed by atoms with Gasteiger partial charge in [-0.25, -0.2) is 0 Å². The van der Waals surface area contributed by atoms with E-state index in [2.05, 4.69) is 24.0 Å². The van der Waals surface area contributed by atoms with Crippen LogP contribution in [0.4, 0.5) is 0 Å². The fourth-order valence-corrected chi connectivity index (χ4v) is 5.45. The van der Waals surface area contributed by atoms with Crippen LogP contribution < -0.4 is 5.32 Å². The zero-order valence-corrected chi connectivity index (χ0v) is 10.7. The summed E-state index contributed by atoms with van der Waals surface area (Å²) >= 11 is 2.22. The average molecular weight is 225 g/mol. The Morgan fingerprint density at radius 3 is 2.20 bits per heavy atom. The van der Waals surface area contributed by atoms with Crippen LogP contribution in [0.3, 0.4) is 0 Å². The van der Waals surface area contributed by atoms with Gasteiger partial charge in [0.2, 0.25) is 0 Å². The molecular formula is C13H23NS. The van der Waals surface area contributed by atoms with Gasteiger partial charge in [0.05, 0.1) is 4.87 Å². The van der Waals surface area contributed by atoms with Crippen LogP contribution in [-0.2, 0) is 0 Å². The van der Waals surface area contributed by atoms with E-state index >= 15 is 0 Å². The summed E-state index contributed by atoms with van der Waals surface area (Å²) in [6.07, 6.45) is 11.9. The van der Waals surface area contributed by atoms with E-state index in [1.165, 1.54) is 57.9 Å². The van der Waals surface area contributed by atoms with Crippen LogP contribution in [0.5, 0.6) is 0 Å². The highest BCUT2D eigenvalue weighted by atomic mass is 32.2. The van der Waals surface area contributed by atoms with Crippen molar-refractivity contribution in [3.05, 3.63) is 0 Å². The Hall–Kier alpha value is 0.310. The number of nitrogens with one attached hydrogen (secondary N) is 1. The fraction of sp³-hybridized carbons (Fsp3) is 1.00. The van der Waals surface area contributed by atoms with E-state index in [0.29, 0.717) is 4.87 Å². The lowest BCUT2D eigenvalue weighted by molar-refractivity contribution is 0.159. The summed E-state index contributed by atoms with van der Waals surface area (Å²) < 4.78 is 0. The molecule has 2 spiro atoms. The molecule has 1 saturated heterocycles. The zero-order valence-electron chi connectivity index (χ0n) is 9.85. The summed E-state index contributed by atoms with van der Waals surface area (Å²) in [4.78, 5) is 0.493. The largest absolute Gasteiger partial charge is 0.302 e. The van der Waals surface area contributed by atoms with E-state index in [0.717, 1.165) is 10.7 Å². The highest BCUT2D eigenvalue weighted by Gasteiger charge is 2.46. The van der Waals surface area contributed by atoms with Gasteiger partial charge >= 0.3 is 0 Å². The molecule has 3 rings (SSSR count). The third-order valence-corrected chi connectivity index (χ3v) is 6.49. The van der Waals surface area contributed by atoms with Crippen molar-refractivity contribution in [3.63, 3.8) is 0 Å². The quantitative estimate of drug-likeness (QED) is 0.677. The Morgan fingerprint density at radius 1 is 1.00 bits per heavy atom. The normalized spacial score (nSPS) is 37.8. The molecule has 1 heterocycles. The van der Waals surface area contributed by atoms with Gasteiger partial charge in [-0.2, -0.15) is 0 Å². The second-order valence-electron chi connectivity index (χ2n) is 6.01. The van der Waals surface area contributed by atoms with Crippen LogP contribution in [0.1, 0.15) is 58.3 Å². The molecule has 0 aromatic rings. The number of hydrogen-bond acceptors (Lipinski definition) is 2. The van der Waals surface area contributed by atoms with E-state index in [1.807, 2.05) is 0 Å². The van der Waals surface area contributed by atoms with Gasteiger partial charge < -0.3 is 5.32 Å². The third kappa shape index (κ3) is 1.84. The molecule has 3 fully saturated rings. The van der Waals surface area contributed by atoms with E-state index in [4.69, 9.17) is 0 Å². The summed E-state index contributed by atoms with van der Waals surface area (Å²) in [7, 11) is 0. The maximum Gasteiger partial charge on any atom is 0.0649 e. The van der Waals surface area contributed by atoms with Crippen molar-refractivity contribution < 1.29 is 0 Å². The van der Waals surface area contributed by atoms with Gasteiger partial charge in [-0.15, -0.1) is 11.8 Å². The number of thioether (sulfide) groups is 1. The zero-order chi connectivity index (χ0) is 10.4. The van der Waals surface area contributed by atoms with E-state index in [1.54, 1.807) is 0 Å². The van der Waals surface area contributed by atoms with Gasteiger partial charge in [0.15, 0.2) is 0 Å². The Labute approximate surface area is 97.8 Å². The molecule has 1 aliphatic heterocycles. The van der Waals surface area contributed by atoms with Gasteiger partial charge in [-0.3, -0.25) is 0 Å². The van der Waals surface area contributed by atoms with Crippen molar-refractivity contribution in [1.29, 1.82) is 0 Å². The fourth-order valence-electron chi connectivity index (χ4n) is 3.90. The minimum absolute atomic E-state index is 0.493. The van der Waals surface area contributed by atoms with Crippen LogP contribution in [0, 0.1) is 5.41 Å². The van der Waals surface area contributed by atoms with Gasteiger partial charge in [0, 0.05) is 11.8 Å². The smallest absolute Gasteiger partial charge is 0.0649 e. The van der Waals surface area contributed by atoms with Crippen molar-refractivity contribution >= 4 is 11.8 Å². The molecule has 1 unspecified atom stereocenters. The van der Waals surface area contributed by atoms with Crippen molar-refractivity contribution in [2.24, 2.45) is 5.41 Å². The molecule has 3 aliphatic rings. The standard InChI is InChI=1S/C13H23NS/c1-11-10-14-13(15-11)8-6-12(7-9-13)4-2-3-5-12/h11,14H,2-10H2,1H3. The van der Waals surface area contributed by atoms with E-state index < -0.39 is 0 Å². The van der Waals surface area contributed by atoms with Crippen LogP contribution in [0.15, 0.2) is 0 Å². The lowest BCUT2D eigenvalue weighted by Crippen LogP contribution is -2.43. The molecule has 1 atom stereocenters. The summed E-state index contributed by atoms with van der Waals surface area (Å²) in [6.45, 7) is 3.60. The van der Waals surface area contributed by atoms with Crippen LogP contribution in [0.25, 0.3) is 0 Å². The number of hydrogen-bond donors (Lipinski definition) is 1. The highest BCUT2D eigenvalue weighted by Crippen LogP contribution is 2.55. The van der Waals surface area contributed by atoms with Gasteiger partial charge in [0.1, 0.15) is 0 Å². The van der Waals surface area contributed by atoms with Crippen LogP contribution in [-0.4, -0.2) is 16.7 Å². The maximum atomic E-state index is 3.79. The summed E-state index contributed by atoms with van der Waals surface area (Å²) in [5, 5.41) is 4.63. The molecule has 0 aromatic carbocycles. The van der Waals surface area contributed by atoms with Crippen molar-refractivity contribution in [1.82, 2.24) is 5.32 Å². The average Bonchev–Trinajstić information content (AvgIpc) is 2.81. The number of rotatable bonds is 0. The molecule has 2 aliphatic carbocycles. The third-order valence-electron chi connectivity index (χ3n) is 4.92. The summed E-state index contributed by atoms with van der Waals surface area (Å²) in [5.41, 5.74) is 0.791. The van der Waals surface area contributed by atoms with E-state index in [9.17, 15) is 0 Å². The molecule has 1 N–H and O–H groups in total. The molecule has 1 nitrogen and oxygen atoms in total. The molecule has 0 radical (unpaired) electrons. The Morgan fingerprint density at radius 2 is 1.67 bits per heavy atom. The predicted molar refractivity (Wildman–Crippen MR) is 67.2 cm³/mol. The first-order chi connectivity index (χ1) is 7.22.